The van der Waals surface area contributed by atoms with E-state index in [-0.39, 0.29) is 29.0 Å². The van der Waals surface area contributed by atoms with Crippen LogP contribution >= 0.6 is 11.6 Å². The van der Waals surface area contributed by atoms with Crippen LogP contribution in [0.25, 0.3) is 0 Å². The molecule has 0 atom stereocenters. The van der Waals surface area contributed by atoms with E-state index in [1.54, 1.807) is 23.1 Å². The van der Waals surface area contributed by atoms with Crippen LogP contribution in [-0.4, -0.2) is 69.6 Å². The molecule has 0 spiro atoms. The molecule has 1 aliphatic rings. The number of piperazine rings is 1. The van der Waals surface area contributed by atoms with Crippen molar-refractivity contribution in [3.8, 4) is 0 Å². The number of hydrogen-bond acceptors (Lipinski definition) is 4. The van der Waals surface area contributed by atoms with Crippen LogP contribution in [-0.2, 0) is 21.2 Å². The van der Waals surface area contributed by atoms with Gasteiger partial charge in [-0.15, -0.1) is 0 Å². The zero-order valence-corrected chi connectivity index (χ0v) is 18.9. The Morgan fingerprint density at radius 1 is 0.968 bits per heavy atom. The molecule has 0 bridgehead atoms. The molecule has 2 aromatic rings. The first-order chi connectivity index (χ1) is 15.0. The number of sulfonamides is 1. The molecule has 0 aromatic heterocycles. The summed E-state index contributed by atoms with van der Waals surface area (Å²) in [5.41, 5.74) is 1.24. The van der Waals surface area contributed by atoms with Gasteiger partial charge in [0.2, 0.25) is 10.0 Å². The van der Waals surface area contributed by atoms with E-state index in [9.17, 15) is 13.2 Å². The number of benzene rings is 2. The molecule has 2 amide bonds. The highest BCUT2D eigenvalue weighted by molar-refractivity contribution is 7.89. The monoisotopic (exact) mass is 465 g/mol. The second-order valence-electron chi connectivity index (χ2n) is 7.26. The van der Waals surface area contributed by atoms with E-state index in [2.05, 4.69) is 17.4 Å². The quantitative estimate of drug-likeness (QED) is 0.577. The van der Waals surface area contributed by atoms with Crippen LogP contribution < -0.4 is 5.32 Å². The summed E-state index contributed by atoms with van der Waals surface area (Å²) in [5, 5.41) is 3.08. The van der Waals surface area contributed by atoms with Crippen molar-refractivity contribution >= 4 is 27.7 Å². The van der Waals surface area contributed by atoms with Crippen LogP contribution in [0.3, 0.4) is 0 Å². The first kappa shape index (κ1) is 23.5. The molecule has 3 rings (SSSR count). The van der Waals surface area contributed by atoms with Crippen LogP contribution in [0.4, 0.5) is 4.79 Å². The lowest BCUT2D eigenvalue weighted by Crippen LogP contribution is -2.53. The SMILES string of the molecule is O=C(NCCCOCCc1ccccc1)N1CCN(S(=O)(=O)c2ccccc2Cl)CC1. The summed E-state index contributed by atoms with van der Waals surface area (Å²) < 4.78 is 32.6. The molecule has 2 aromatic carbocycles. The number of carbonyl (C=O) groups is 1. The van der Waals surface area contributed by atoms with Crippen molar-refractivity contribution in [2.24, 2.45) is 0 Å². The van der Waals surface area contributed by atoms with Crippen LogP contribution in [0.2, 0.25) is 5.02 Å². The minimum absolute atomic E-state index is 0.0989. The molecule has 1 fully saturated rings. The maximum Gasteiger partial charge on any atom is 0.317 e. The second kappa shape index (κ2) is 11.5. The molecule has 1 heterocycles. The average Bonchev–Trinajstić information content (AvgIpc) is 2.79. The number of nitrogens with one attached hydrogen (secondary N) is 1. The van der Waals surface area contributed by atoms with Gasteiger partial charge in [-0.05, 0) is 30.5 Å². The van der Waals surface area contributed by atoms with E-state index in [4.69, 9.17) is 16.3 Å². The third kappa shape index (κ3) is 6.67. The third-order valence-electron chi connectivity index (χ3n) is 5.10. The Morgan fingerprint density at radius 2 is 1.65 bits per heavy atom. The van der Waals surface area contributed by atoms with Gasteiger partial charge in [-0.2, -0.15) is 4.31 Å². The standard InChI is InChI=1S/C22H28ClN3O4S/c23-20-9-4-5-10-21(20)31(28,29)26-15-13-25(14-16-26)22(27)24-12-6-17-30-18-11-19-7-2-1-3-8-19/h1-5,7-10H,6,11-18H2,(H,24,27). The number of rotatable bonds is 9. The van der Waals surface area contributed by atoms with Gasteiger partial charge in [0.15, 0.2) is 0 Å². The molecule has 9 heteroatoms. The zero-order chi connectivity index (χ0) is 22.1. The largest absolute Gasteiger partial charge is 0.381 e. The minimum Gasteiger partial charge on any atom is -0.381 e. The molecular formula is C22H28ClN3O4S. The van der Waals surface area contributed by atoms with Crippen LogP contribution in [0.15, 0.2) is 59.5 Å². The number of carbonyl (C=O) groups excluding carboxylic acids is 1. The third-order valence-corrected chi connectivity index (χ3v) is 7.50. The van der Waals surface area contributed by atoms with Crippen molar-refractivity contribution in [1.29, 1.82) is 0 Å². The van der Waals surface area contributed by atoms with Crippen molar-refractivity contribution in [3.05, 3.63) is 65.2 Å². The molecule has 1 saturated heterocycles. The molecule has 0 saturated carbocycles. The second-order valence-corrected chi connectivity index (χ2v) is 9.57. The highest BCUT2D eigenvalue weighted by Crippen LogP contribution is 2.24. The van der Waals surface area contributed by atoms with Crippen LogP contribution in [0.1, 0.15) is 12.0 Å². The lowest BCUT2D eigenvalue weighted by molar-refractivity contribution is 0.133. The lowest BCUT2D eigenvalue weighted by Gasteiger charge is -2.34. The van der Waals surface area contributed by atoms with Crippen molar-refractivity contribution < 1.29 is 17.9 Å². The van der Waals surface area contributed by atoms with Crippen molar-refractivity contribution in [2.75, 3.05) is 45.9 Å². The van der Waals surface area contributed by atoms with Gasteiger partial charge in [-0.25, -0.2) is 13.2 Å². The lowest BCUT2D eigenvalue weighted by atomic mass is 10.2. The fraction of sp³-hybridized carbons (Fsp3) is 0.409. The van der Waals surface area contributed by atoms with Crippen molar-refractivity contribution in [3.63, 3.8) is 0 Å². The van der Waals surface area contributed by atoms with Gasteiger partial charge in [0, 0.05) is 39.3 Å². The molecule has 1 N–H and O–H groups in total. The average molecular weight is 466 g/mol. The molecule has 0 aliphatic carbocycles. The maximum absolute atomic E-state index is 12.8. The van der Waals surface area contributed by atoms with Crippen LogP contribution in [0, 0.1) is 0 Å². The molecule has 1 aliphatic heterocycles. The smallest absolute Gasteiger partial charge is 0.317 e. The van der Waals surface area contributed by atoms with Crippen molar-refractivity contribution in [2.45, 2.75) is 17.7 Å². The Bertz CT molecular complexity index is 948. The first-order valence-corrected chi connectivity index (χ1v) is 12.2. The summed E-state index contributed by atoms with van der Waals surface area (Å²) in [5.74, 6) is 0. The highest BCUT2D eigenvalue weighted by atomic mass is 35.5. The fourth-order valence-corrected chi connectivity index (χ4v) is 5.26. The molecule has 7 nitrogen and oxygen atoms in total. The van der Waals surface area contributed by atoms with Gasteiger partial charge in [0.25, 0.3) is 0 Å². The summed E-state index contributed by atoms with van der Waals surface area (Å²) in [4.78, 5) is 14.1. The fourth-order valence-electron chi connectivity index (χ4n) is 3.34. The molecule has 168 valence electrons. The van der Waals surface area contributed by atoms with Gasteiger partial charge >= 0.3 is 6.03 Å². The molecule has 31 heavy (non-hydrogen) atoms. The van der Waals surface area contributed by atoms with E-state index in [0.717, 1.165) is 12.8 Å². The first-order valence-electron chi connectivity index (χ1n) is 10.4. The maximum atomic E-state index is 12.8. The van der Waals surface area contributed by atoms with Gasteiger partial charge in [-0.1, -0.05) is 54.1 Å². The number of halogens is 1. The van der Waals surface area contributed by atoms with Gasteiger partial charge in [0.05, 0.1) is 11.6 Å². The van der Waals surface area contributed by atoms with E-state index in [1.807, 2.05) is 18.2 Å². The Kier molecular flexibility index (Phi) is 8.71. The number of ether oxygens (including phenoxy) is 1. The summed E-state index contributed by atoms with van der Waals surface area (Å²) in [6, 6.07) is 16.4. The molecule has 0 unspecified atom stereocenters. The van der Waals surface area contributed by atoms with E-state index in [0.29, 0.717) is 32.8 Å². The molecule has 0 radical (unpaired) electrons. The normalized spacial score (nSPS) is 15.1. The number of hydrogen-bond donors (Lipinski definition) is 1. The summed E-state index contributed by atoms with van der Waals surface area (Å²) in [7, 11) is -3.67. The predicted octanol–water partition coefficient (Wildman–Crippen LogP) is 3.01. The Balaban J connectivity index is 1.32. The Labute approximate surface area is 189 Å². The Hall–Kier alpha value is -2.13. The van der Waals surface area contributed by atoms with Gasteiger partial charge in [0.1, 0.15) is 4.90 Å². The van der Waals surface area contributed by atoms with Crippen molar-refractivity contribution in [1.82, 2.24) is 14.5 Å². The van der Waals surface area contributed by atoms with E-state index < -0.39 is 10.0 Å². The Morgan fingerprint density at radius 3 is 2.35 bits per heavy atom. The highest BCUT2D eigenvalue weighted by Gasteiger charge is 2.31. The zero-order valence-electron chi connectivity index (χ0n) is 17.4. The van der Waals surface area contributed by atoms with E-state index >= 15 is 0 Å². The number of amides is 2. The topological polar surface area (TPSA) is 79.0 Å². The van der Waals surface area contributed by atoms with Gasteiger partial charge in [-0.3, -0.25) is 0 Å². The summed E-state index contributed by atoms with van der Waals surface area (Å²) in [6.45, 7) is 2.90. The van der Waals surface area contributed by atoms with Gasteiger partial charge < -0.3 is 15.0 Å². The number of urea groups is 1. The molecular weight excluding hydrogens is 438 g/mol. The predicted molar refractivity (Wildman–Crippen MR) is 121 cm³/mol. The summed E-state index contributed by atoms with van der Waals surface area (Å²) in [6.07, 6.45) is 1.59. The van der Waals surface area contributed by atoms with Crippen LogP contribution in [0.5, 0.6) is 0 Å². The van der Waals surface area contributed by atoms with E-state index in [1.165, 1.54) is 15.9 Å². The minimum atomic E-state index is -3.67. The summed E-state index contributed by atoms with van der Waals surface area (Å²) >= 11 is 6.05. The number of nitrogens with zero attached hydrogens (tertiary/aromatic N) is 2.